The van der Waals surface area contributed by atoms with Crippen molar-refractivity contribution in [3.8, 4) is 0 Å². The van der Waals surface area contributed by atoms with Gasteiger partial charge in [0.1, 0.15) is 6.04 Å². The maximum atomic E-state index is 12.7. The molecule has 3 rings (SSSR count). The molecule has 1 amide bonds. The molecule has 0 bridgehead atoms. The number of amides is 1. The Kier molecular flexibility index (Phi) is 7.86. The zero-order chi connectivity index (χ0) is 22.5. The molecule has 1 saturated heterocycles. The van der Waals surface area contributed by atoms with Crippen molar-refractivity contribution in [2.75, 3.05) is 33.3 Å². The van der Waals surface area contributed by atoms with Crippen molar-refractivity contribution < 1.29 is 19.1 Å². The summed E-state index contributed by atoms with van der Waals surface area (Å²) in [4.78, 5) is 43.5. The maximum Gasteiger partial charge on any atom is 0.327 e. The van der Waals surface area contributed by atoms with Crippen LogP contribution in [0.1, 0.15) is 44.6 Å². The van der Waals surface area contributed by atoms with Crippen LogP contribution in [0.15, 0.2) is 30.3 Å². The lowest BCUT2D eigenvalue weighted by atomic mass is 10.0. The molecule has 8 heteroatoms. The number of rotatable bonds is 7. The lowest BCUT2D eigenvalue weighted by molar-refractivity contribution is -0.148. The molecule has 0 aliphatic carbocycles. The van der Waals surface area contributed by atoms with Crippen molar-refractivity contribution >= 4 is 40.6 Å². The number of nitrogens with zero attached hydrogens (tertiary/aromatic N) is 2. The van der Waals surface area contributed by atoms with Crippen molar-refractivity contribution in [2.24, 2.45) is 0 Å². The highest BCUT2D eigenvalue weighted by molar-refractivity contribution is 7.12. The van der Waals surface area contributed by atoms with E-state index in [1.165, 1.54) is 7.11 Å². The first-order valence-corrected chi connectivity index (χ1v) is 11.5. The van der Waals surface area contributed by atoms with Gasteiger partial charge in [-0.1, -0.05) is 29.8 Å². The summed E-state index contributed by atoms with van der Waals surface area (Å²) in [6, 6.07) is 8.51. The smallest absolute Gasteiger partial charge is 0.327 e. The number of aryl methyl sites for hydroxylation is 2. The molecule has 0 radical (unpaired) electrons. The number of thiophene rings is 1. The summed E-state index contributed by atoms with van der Waals surface area (Å²) in [5.74, 6) is -0.400. The molecule has 1 fully saturated rings. The Morgan fingerprint density at radius 3 is 2.35 bits per heavy atom. The van der Waals surface area contributed by atoms with Crippen molar-refractivity contribution in [2.45, 2.75) is 32.7 Å². The Labute approximate surface area is 191 Å². The van der Waals surface area contributed by atoms with Crippen LogP contribution in [0.4, 0.5) is 0 Å². The van der Waals surface area contributed by atoms with Crippen LogP contribution in [0.3, 0.4) is 0 Å². The Morgan fingerprint density at radius 2 is 1.77 bits per heavy atom. The van der Waals surface area contributed by atoms with Gasteiger partial charge >= 0.3 is 5.97 Å². The molecule has 166 valence electrons. The molecule has 1 aliphatic heterocycles. The second-order valence-corrected chi connectivity index (χ2v) is 9.48. The largest absolute Gasteiger partial charge is 0.468 e. The fourth-order valence-corrected chi connectivity index (χ4v) is 5.11. The van der Waals surface area contributed by atoms with Crippen LogP contribution in [0.2, 0.25) is 5.02 Å². The first-order valence-electron chi connectivity index (χ1n) is 10.3. The van der Waals surface area contributed by atoms with Gasteiger partial charge in [0.25, 0.3) is 0 Å². The first-order chi connectivity index (χ1) is 14.8. The van der Waals surface area contributed by atoms with E-state index in [-0.39, 0.29) is 30.5 Å². The molecule has 0 saturated carbocycles. The fraction of sp³-hybridized carbons (Fsp3) is 0.435. The van der Waals surface area contributed by atoms with Gasteiger partial charge in [-0.2, -0.15) is 0 Å². The minimum absolute atomic E-state index is 0.0123. The van der Waals surface area contributed by atoms with Crippen LogP contribution in [0, 0.1) is 13.8 Å². The lowest BCUT2D eigenvalue weighted by Gasteiger charge is -2.38. The van der Waals surface area contributed by atoms with E-state index in [4.69, 9.17) is 16.3 Å². The van der Waals surface area contributed by atoms with Gasteiger partial charge in [-0.25, -0.2) is 4.79 Å². The molecule has 1 unspecified atom stereocenters. The number of ketones is 1. The summed E-state index contributed by atoms with van der Waals surface area (Å²) in [6.45, 7) is 5.93. The van der Waals surface area contributed by atoms with Crippen LogP contribution in [-0.4, -0.2) is 60.7 Å². The number of esters is 1. The van der Waals surface area contributed by atoms with Gasteiger partial charge in [0.05, 0.1) is 7.11 Å². The first kappa shape index (κ1) is 23.4. The Morgan fingerprint density at radius 1 is 1.10 bits per heavy atom. The van der Waals surface area contributed by atoms with Gasteiger partial charge in [0.2, 0.25) is 5.91 Å². The van der Waals surface area contributed by atoms with Gasteiger partial charge in [0, 0.05) is 59.4 Å². The number of benzene rings is 1. The minimum atomic E-state index is -0.609. The van der Waals surface area contributed by atoms with Gasteiger partial charge in [-0.15, -0.1) is 11.3 Å². The van der Waals surface area contributed by atoms with E-state index >= 15 is 0 Å². The summed E-state index contributed by atoms with van der Waals surface area (Å²) in [5, 5.41) is 0.508. The number of ether oxygens (including phenoxy) is 1. The number of hydrogen-bond donors (Lipinski definition) is 0. The molecule has 2 heterocycles. The molecule has 1 aromatic heterocycles. The summed E-state index contributed by atoms with van der Waals surface area (Å²) >= 11 is 7.92. The predicted molar refractivity (Wildman–Crippen MR) is 122 cm³/mol. The molecule has 31 heavy (non-hydrogen) atoms. The van der Waals surface area contributed by atoms with E-state index in [1.807, 2.05) is 43.0 Å². The number of Topliss-reactive ketones (excluding diaryl/α,β-unsaturated/α-hetero) is 1. The summed E-state index contributed by atoms with van der Waals surface area (Å²) in [7, 11) is 1.36. The normalized spacial score (nSPS) is 15.5. The third-order valence-corrected chi connectivity index (χ3v) is 6.87. The van der Waals surface area contributed by atoms with Gasteiger partial charge in [-0.3, -0.25) is 14.5 Å². The SMILES string of the molecule is COC(=O)C(c1ccccc1Cl)N1CCN(C(=O)CCC(=O)c2cc(C)sc2C)CC1. The number of carbonyl (C=O) groups excluding carboxylic acids is 3. The topological polar surface area (TPSA) is 66.9 Å². The van der Waals surface area contributed by atoms with Crippen molar-refractivity contribution in [3.63, 3.8) is 0 Å². The highest BCUT2D eigenvalue weighted by Gasteiger charge is 2.33. The molecule has 1 atom stereocenters. The van der Waals surface area contributed by atoms with E-state index in [9.17, 15) is 14.4 Å². The van der Waals surface area contributed by atoms with Crippen LogP contribution in [-0.2, 0) is 14.3 Å². The summed E-state index contributed by atoms with van der Waals surface area (Å²) < 4.78 is 5.01. The quantitative estimate of drug-likeness (QED) is 0.459. The van der Waals surface area contributed by atoms with Crippen LogP contribution in [0.5, 0.6) is 0 Å². The van der Waals surface area contributed by atoms with Crippen molar-refractivity contribution in [1.82, 2.24) is 9.80 Å². The van der Waals surface area contributed by atoms with E-state index in [1.54, 1.807) is 22.3 Å². The average molecular weight is 463 g/mol. The molecule has 2 aromatic rings. The van der Waals surface area contributed by atoms with Crippen LogP contribution in [0.25, 0.3) is 0 Å². The Bertz CT molecular complexity index is 966. The highest BCUT2D eigenvalue weighted by atomic mass is 35.5. The van der Waals surface area contributed by atoms with Crippen LogP contribution < -0.4 is 0 Å². The molecule has 1 aliphatic rings. The third-order valence-electron chi connectivity index (χ3n) is 5.56. The van der Waals surface area contributed by atoms with E-state index in [2.05, 4.69) is 0 Å². The standard InChI is InChI=1S/C23H27ClN2O4S/c1-15-14-18(16(2)31-15)20(27)8-9-21(28)25-10-12-26(13-11-25)22(23(29)30-3)17-6-4-5-7-19(17)24/h4-7,14,22H,8-13H2,1-3H3. The second kappa shape index (κ2) is 10.4. The van der Waals surface area contributed by atoms with Crippen LogP contribution >= 0.6 is 22.9 Å². The fourth-order valence-electron chi connectivity index (χ4n) is 3.93. The van der Waals surface area contributed by atoms with E-state index < -0.39 is 6.04 Å². The van der Waals surface area contributed by atoms with Gasteiger partial charge in [0.15, 0.2) is 5.78 Å². The molecule has 0 N–H and O–H groups in total. The minimum Gasteiger partial charge on any atom is -0.468 e. The maximum absolute atomic E-state index is 12.7. The Balaban J connectivity index is 1.58. The third kappa shape index (κ3) is 5.53. The van der Waals surface area contributed by atoms with Gasteiger partial charge in [-0.05, 0) is 31.5 Å². The molecule has 6 nitrogen and oxygen atoms in total. The molecular formula is C23H27ClN2O4S. The van der Waals surface area contributed by atoms with E-state index in [0.29, 0.717) is 36.8 Å². The number of carbonyl (C=O) groups is 3. The zero-order valence-corrected chi connectivity index (χ0v) is 19.6. The molecule has 1 aromatic carbocycles. The monoisotopic (exact) mass is 462 g/mol. The number of piperazine rings is 1. The second-order valence-electron chi connectivity index (χ2n) is 7.61. The summed E-state index contributed by atoms with van der Waals surface area (Å²) in [5.41, 5.74) is 1.42. The van der Waals surface area contributed by atoms with Crippen molar-refractivity contribution in [1.29, 1.82) is 0 Å². The van der Waals surface area contributed by atoms with Crippen molar-refractivity contribution in [3.05, 3.63) is 56.2 Å². The predicted octanol–water partition coefficient (Wildman–Crippen LogP) is 4.04. The number of methoxy groups -OCH3 is 1. The number of halogens is 1. The Hall–Kier alpha value is -2.22. The summed E-state index contributed by atoms with van der Waals surface area (Å²) in [6.07, 6.45) is 0.401. The number of hydrogen-bond acceptors (Lipinski definition) is 6. The van der Waals surface area contributed by atoms with Gasteiger partial charge < -0.3 is 9.64 Å². The molecule has 0 spiro atoms. The van der Waals surface area contributed by atoms with E-state index in [0.717, 1.165) is 15.3 Å². The lowest BCUT2D eigenvalue weighted by Crippen LogP contribution is -2.51. The average Bonchev–Trinajstić information content (AvgIpc) is 3.11. The zero-order valence-electron chi connectivity index (χ0n) is 18.0. The highest BCUT2D eigenvalue weighted by Crippen LogP contribution is 2.29. The molecular weight excluding hydrogens is 436 g/mol.